The van der Waals surface area contributed by atoms with E-state index in [4.69, 9.17) is 4.74 Å². The fourth-order valence-corrected chi connectivity index (χ4v) is 1.17. The maximum absolute atomic E-state index is 5.00. The van der Waals surface area contributed by atoms with E-state index >= 15 is 0 Å². The van der Waals surface area contributed by atoms with Crippen LogP contribution in [0.2, 0.25) is 0 Å². The summed E-state index contributed by atoms with van der Waals surface area (Å²) in [4.78, 5) is 0. The van der Waals surface area contributed by atoms with Crippen molar-refractivity contribution < 1.29 is 4.74 Å². The van der Waals surface area contributed by atoms with Crippen LogP contribution in [-0.4, -0.2) is 35.0 Å². The molecule has 1 aromatic heterocycles. The summed E-state index contributed by atoms with van der Waals surface area (Å²) in [6.07, 6.45) is 2.87. The second-order valence-corrected chi connectivity index (χ2v) is 3.11. The van der Waals surface area contributed by atoms with E-state index in [0.717, 1.165) is 31.9 Å². The van der Waals surface area contributed by atoms with Crippen LogP contribution >= 0.6 is 0 Å². The number of rotatable bonds is 7. The molecular weight excluding hydrogens is 180 g/mol. The molecule has 0 fully saturated rings. The maximum Gasteiger partial charge on any atom is 0.146 e. The van der Waals surface area contributed by atoms with Gasteiger partial charge >= 0.3 is 0 Å². The van der Waals surface area contributed by atoms with Crippen LogP contribution < -0.4 is 5.32 Å². The van der Waals surface area contributed by atoms with E-state index in [-0.39, 0.29) is 0 Å². The molecule has 1 rings (SSSR count). The first-order valence-corrected chi connectivity index (χ1v) is 4.94. The summed E-state index contributed by atoms with van der Waals surface area (Å²) in [7, 11) is 1.69. The first-order valence-electron chi connectivity index (χ1n) is 4.94. The molecule has 0 amide bonds. The van der Waals surface area contributed by atoms with Gasteiger partial charge in [-0.3, -0.25) is 0 Å². The molecule has 0 aliphatic carbocycles. The van der Waals surface area contributed by atoms with Crippen LogP contribution in [0, 0.1) is 0 Å². The lowest BCUT2D eigenvalue weighted by Crippen LogP contribution is -2.18. The van der Waals surface area contributed by atoms with Crippen molar-refractivity contribution in [3.8, 4) is 0 Å². The van der Waals surface area contributed by atoms with Crippen LogP contribution in [0.25, 0.3) is 0 Å². The molecular formula is C9H18N4O. The minimum absolute atomic E-state index is 0.693. The number of hydrogen-bond acceptors (Lipinski definition) is 4. The first kappa shape index (κ1) is 11.1. The van der Waals surface area contributed by atoms with Crippen LogP contribution in [0.5, 0.6) is 0 Å². The SMILES string of the molecule is CCCNCc1nncn1CCOC. The summed E-state index contributed by atoms with van der Waals surface area (Å²) in [6.45, 7) is 5.43. The maximum atomic E-state index is 5.00. The Kier molecular flexibility index (Phi) is 5.17. The minimum Gasteiger partial charge on any atom is -0.383 e. The van der Waals surface area contributed by atoms with Gasteiger partial charge in [-0.2, -0.15) is 0 Å². The Hall–Kier alpha value is -0.940. The molecule has 0 aliphatic heterocycles. The summed E-state index contributed by atoms with van der Waals surface area (Å²) in [5, 5.41) is 11.2. The Morgan fingerprint density at radius 1 is 1.57 bits per heavy atom. The second-order valence-electron chi connectivity index (χ2n) is 3.11. The molecule has 0 spiro atoms. The van der Waals surface area contributed by atoms with Gasteiger partial charge in [-0.05, 0) is 13.0 Å². The third kappa shape index (κ3) is 3.43. The zero-order valence-electron chi connectivity index (χ0n) is 8.86. The number of hydrogen-bond donors (Lipinski definition) is 1. The van der Waals surface area contributed by atoms with E-state index in [1.165, 1.54) is 0 Å². The highest BCUT2D eigenvalue weighted by molar-refractivity contribution is 4.84. The lowest BCUT2D eigenvalue weighted by molar-refractivity contribution is 0.186. The third-order valence-corrected chi connectivity index (χ3v) is 1.94. The van der Waals surface area contributed by atoms with Gasteiger partial charge in [-0.15, -0.1) is 10.2 Å². The average molecular weight is 198 g/mol. The fourth-order valence-electron chi connectivity index (χ4n) is 1.17. The second kappa shape index (κ2) is 6.50. The topological polar surface area (TPSA) is 52.0 Å². The van der Waals surface area contributed by atoms with Crippen molar-refractivity contribution >= 4 is 0 Å². The molecule has 0 bridgehead atoms. The van der Waals surface area contributed by atoms with Crippen LogP contribution in [0.15, 0.2) is 6.33 Å². The molecule has 1 heterocycles. The Morgan fingerprint density at radius 2 is 2.43 bits per heavy atom. The number of aromatic nitrogens is 3. The van der Waals surface area contributed by atoms with E-state index in [9.17, 15) is 0 Å². The first-order chi connectivity index (χ1) is 6.88. The van der Waals surface area contributed by atoms with Crippen LogP contribution in [0.1, 0.15) is 19.2 Å². The number of methoxy groups -OCH3 is 1. The van der Waals surface area contributed by atoms with E-state index in [1.807, 2.05) is 4.57 Å². The van der Waals surface area contributed by atoms with Crippen molar-refractivity contribution in [2.24, 2.45) is 0 Å². The van der Waals surface area contributed by atoms with E-state index in [0.29, 0.717) is 6.61 Å². The molecule has 0 aliphatic rings. The predicted molar refractivity (Wildman–Crippen MR) is 53.9 cm³/mol. The largest absolute Gasteiger partial charge is 0.383 e. The number of nitrogens with zero attached hydrogens (tertiary/aromatic N) is 3. The molecule has 14 heavy (non-hydrogen) atoms. The van der Waals surface area contributed by atoms with Gasteiger partial charge in [0.05, 0.1) is 13.2 Å². The van der Waals surface area contributed by atoms with Gasteiger partial charge in [-0.1, -0.05) is 6.92 Å². The molecule has 5 nitrogen and oxygen atoms in total. The summed E-state index contributed by atoms with van der Waals surface area (Å²) in [6, 6.07) is 0. The molecule has 0 saturated heterocycles. The van der Waals surface area contributed by atoms with Crippen molar-refractivity contribution in [1.29, 1.82) is 0 Å². The lowest BCUT2D eigenvalue weighted by Gasteiger charge is -2.06. The Labute approximate surface area is 84.5 Å². The predicted octanol–water partition coefficient (Wildman–Crippen LogP) is 0.424. The van der Waals surface area contributed by atoms with Crippen molar-refractivity contribution in [3.05, 3.63) is 12.2 Å². The fraction of sp³-hybridized carbons (Fsp3) is 0.778. The standard InChI is InChI=1S/C9H18N4O/c1-3-4-10-7-9-12-11-8-13(9)5-6-14-2/h8,10H,3-7H2,1-2H3. The monoisotopic (exact) mass is 198 g/mol. The van der Waals surface area contributed by atoms with Crippen molar-refractivity contribution in [2.75, 3.05) is 20.3 Å². The summed E-state index contributed by atoms with van der Waals surface area (Å²) in [5.74, 6) is 0.968. The van der Waals surface area contributed by atoms with Crippen molar-refractivity contribution in [3.63, 3.8) is 0 Å². The van der Waals surface area contributed by atoms with Crippen LogP contribution in [0.4, 0.5) is 0 Å². The number of nitrogens with one attached hydrogen (secondary N) is 1. The average Bonchev–Trinajstić information content (AvgIpc) is 2.63. The van der Waals surface area contributed by atoms with Crippen molar-refractivity contribution in [2.45, 2.75) is 26.4 Å². The minimum atomic E-state index is 0.693. The highest BCUT2D eigenvalue weighted by Crippen LogP contribution is 1.94. The van der Waals surface area contributed by atoms with Gasteiger partial charge in [0.25, 0.3) is 0 Å². The Bertz CT molecular complexity index is 249. The smallest absolute Gasteiger partial charge is 0.146 e. The third-order valence-electron chi connectivity index (χ3n) is 1.94. The van der Waals surface area contributed by atoms with E-state index in [2.05, 4.69) is 22.4 Å². The summed E-state index contributed by atoms with van der Waals surface area (Å²) >= 11 is 0. The Balaban J connectivity index is 2.37. The van der Waals surface area contributed by atoms with Gasteiger partial charge < -0.3 is 14.6 Å². The highest BCUT2D eigenvalue weighted by Gasteiger charge is 2.02. The summed E-state index contributed by atoms with van der Waals surface area (Å²) < 4.78 is 7.01. The molecule has 0 aromatic carbocycles. The Morgan fingerprint density at radius 3 is 3.14 bits per heavy atom. The van der Waals surface area contributed by atoms with Crippen molar-refractivity contribution in [1.82, 2.24) is 20.1 Å². The normalized spacial score (nSPS) is 10.7. The van der Waals surface area contributed by atoms with Gasteiger partial charge in [0.1, 0.15) is 12.2 Å². The zero-order valence-corrected chi connectivity index (χ0v) is 8.86. The van der Waals surface area contributed by atoms with Gasteiger partial charge in [-0.25, -0.2) is 0 Å². The molecule has 5 heteroatoms. The molecule has 0 saturated carbocycles. The quantitative estimate of drug-likeness (QED) is 0.645. The highest BCUT2D eigenvalue weighted by atomic mass is 16.5. The molecule has 1 N–H and O–H groups in total. The van der Waals surface area contributed by atoms with Crippen LogP contribution in [0.3, 0.4) is 0 Å². The van der Waals surface area contributed by atoms with E-state index in [1.54, 1.807) is 13.4 Å². The molecule has 1 aromatic rings. The molecule has 0 unspecified atom stereocenters. The van der Waals surface area contributed by atoms with Gasteiger partial charge in [0, 0.05) is 13.7 Å². The molecule has 0 atom stereocenters. The zero-order chi connectivity index (χ0) is 10.2. The van der Waals surface area contributed by atoms with E-state index < -0.39 is 0 Å². The lowest BCUT2D eigenvalue weighted by atomic mass is 10.4. The molecule has 80 valence electrons. The van der Waals surface area contributed by atoms with Gasteiger partial charge in [0.2, 0.25) is 0 Å². The molecule has 0 radical (unpaired) electrons. The van der Waals surface area contributed by atoms with Gasteiger partial charge in [0.15, 0.2) is 0 Å². The summed E-state index contributed by atoms with van der Waals surface area (Å²) in [5.41, 5.74) is 0. The number of ether oxygens (including phenoxy) is 1. The van der Waals surface area contributed by atoms with Crippen LogP contribution in [-0.2, 0) is 17.8 Å².